The Morgan fingerprint density at radius 2 is 1.77 bits per heavy atom. The van der Waals surface area contributed by atoms with E-state index in [2.05, 4.69) is 9.88 Å². The fourth-order valence-corrected chi connectivity index (χ4v) is 4.21. The van der Waals surface area contributed by atoms with E-state index in [1.54, 1.807) is 31.3 Å². The van der Waals surface area contributed by atoms with Crippen LogP contribution in [0.3, 0.4) is 0 Å². The molecule has 0 aliphatic carbocycles. The van der Waals surface area contributed by atoms with Crippen molar-refractivity contribution >= 4 is 23.7 Å². The SMILES string of the molecule is CN1C(=O)C(C)(Cc2ccccc2)N(C)C(=O)/C1=C/c1cccnc1N1CCOCC1. The molecule has 162 valence electrons. The quantitative estimate of drug-likeness (QED) is 0.710. The third-order valence-electron chi connectivity index (χ3n) is 6.20. The van der Waals surface area contributed by atoms with Crippen LogP contribution < -0.4 is 4.90 Å². The lowest BCUT2D eigenvalue weighted by molar-refractivity contribution is -0.155. The fourth-order valence-electron chi connectivity index (χ4n) is 4.21. The minimum absolute atomic E-state index is 0.110. The van der Waals surface area contributed by atoms with Gasteiger partial charge in [0.25, 0.3) is 11.8 Å². The van der Waals surface area contributed by atoms with Crippen LogP contribution in [-0.4, -0.2) is 72.5 Å². The van der Waals surface area contributed by atoms with Gasteiger partial charge >= 0.3 is 0 Å². The van der Waals surface area contributed by atoms with Crippen LogP contribution in [0.25, 0.3) is 6.08 Å². The first kappa shape index (κ1) is 21.1. The molecule has 2 aliphatic rings. The van der Waals surface area contributed by atoms with Crippen molar-refractivity contribution in [1.29, 1.82) is 0 Å². The van der Waals surface area contributed by atoms with E-state index in [4.69, 9.17) is 4.74 Å². The first-order chi connectivity index (χ1) is 14.9. The molecule has 0 bridgehead atoms. The molecule has 1 unspecified atom stereocenters. The molecule has 4 rings (SSSR count). The van der Waals surface area contributed by atoms with Gasteiger partial charge in [0.2, 0.25) is 0 Å². The summed E-state index contributed by atoms with van der Waals surface area (Å²) in [6.45, 7) is 4.60. The van der Waals surface area contributed by atoms with Crippen LogP contribution in [0.15, 0.2) is 54.4 Å². The van der Waals surface area contributed by atoms with Gasteiger partial charge in [0, 0.05) is 45.4 Å². The lowest BCUT2D eigenvalue weighted by Gasteiger charge is -2.45. The van der Waals surface area contributed by atoms with Crippen LogP contribution in [0.2, 0.25) is 0 Å². The number of hydrogen-bond donors (Lipinski definition) is 0. The molecule has 0 saturated carbocycles. The Morgan fingerprint density at radius 3 is 2.48 bits per heavy atom. The molecule has 1 aromatic carbocycles. The summed E-state index contributed by atoms with van der Waals surface area (Å²) in [5.74, 6) is 0.506. The molecule has 3 heterocycles. The van der Waals surface area contributed by atoms with E-state index in [0.29, 0.717) is 25.3 Å². The Balaban J connectivity index is 1.67. The second-order valence-corrected chi connectivity index (χ2v) is 8.21. The van der Waals surface area contributed by atoms with E-state index in [0.717, 1.165) is 30.0 Å². The number of nitrogens with zero attached hydrogens (tertiary/aromatic N) is 4. The highest BCUT2D eigenvalue weighted by Crippen LogP contribution is 2.32. The molecule has 2 aliphatic heterocycles. The first-order valence-electron chi connectivity index (χ1n) is 10.5. The topological polar surface area (TPSA) is 66.0 Å². The standard InChI is InChI=1S/C24H28N4O3/c1-24(17-18-8-5-4-6-9-18)23(30)26(2)20(22(29)27(24)3)16-19-10-7-11-25-21(19)28-12-14-31-15-13-28/h4-11,16H,12-15,17H2,1-3H3/b20-16-. The van der Waals surface area contributed by atoms with Crippen LogP contribution >= 0.6 is 0 Å². The predicted octanol–water partition coefficient (Wildman–Crippen LogP) is 2.19. The van der Waals surface area contributed by atoms with Gasteiger partial charge in [-0.15, -0.1) is 0 Å². The summed E-state index contributed by atoms with van der Waals surface area (Å²) >= 11 is 0. The maximum atomic E-state index is 13.4. The van der Waals surface area contributed by atoms with Gasteiger partial charge in [-0.05, 0) is 30.7 Å². The van der Waals surface area contributed by atoms with Gasteiger partial charge in [-0.2, -0.15) is 0 Å². The number of aromatic nitrogens is 1. The number of carbonyl (C=O) groups is 2. The van der Waals surface area contributed by atoms with Crippen molar-refractivity contribution in [3.05, 3.63) is 65.5 Å². The minimum atomic E-state index is -0.952. The summed E-state index contributed by atoms with van der Waals surface area (Å²) in [6.07, 6.45) is 3.97. The number of rotatable bonds is 4. The van der Waals surface area contributed by atoms with Crippen molar-refractivity contribution in [1.82, 2.24) is 14.8 Å². The summed E-state index contributed by atoms with van der Waals surface area (Å²) in [6, 6.07) is 13.6. The van der Waals surface area contributed by atoms with Crippen LogP contribution in [-0.2, 0) is 20.7 Å². The number of anilines is 1. The molecule has 2 aromatic rings. The lowest BCUT2D eigenvalue weighted by Crippen LogP contribution is -2.64. The number of hydrogen-bond acceptors (Lipinski definition) is 5. The number of benzene rings is 1. The number of ether oxygens (including phenoxy) is 1. The van der Waals surface area contributed by atoms with Gasteiger partial charge in [-0.1, -0.05) is 30.3 Å². The summed E-state index contributed by atoms with van der Waals surface area (Å²) in [5.41, 5.74) is 1.22. The van der Waals surface area contributed by atoms with Crippen molar-refractivity contribution in [2.75, 3.05) is 45.3 Å². The van der Waals surface area contributed by atoms with Gasteiger partial charge in [0.05, 0.1) is 13.2 Å². The Bertz CT molecular complexity index is 1000. The highest BCUT2D eigenvalue weighted by molar-refractivity contribution is 6.09. The highest BCUT2D eigenvalue weighted by Gasteiger charge is 2.48. The molecule has 7 heteroatoms. The normalized spacial score (nSPS) is 23.6. The van der Waals surface area contributed by atoms with Crippen LogP contribution in [0.4, 0.5) is 5.82 Å². The van der Waals surface area contributed by atoms with E-state index >= 15 is 0 Å². The molecular formula is C24H28N4O3. The summed E-state index contributed by atoms with van der Waals surface area (Å²) in [4.78, 5) is 36.6. The van der Waals surface area contributed by atoms with Crippen LogP contribution in [0.5, 0.6) is 0 Å². The largest absolute Gasteiger partial charge is 0.378 e. The van der Waals surface area contributed by atoms with Crippen molar-refractivity contribution < 1.29 is 14.3 Å². The third-order valence-corrected chi connectivity index (χ3v) is 6.20. The predicted molar refractivity (Wildman–Crippen MR) is 119 cm³/mol. The Morgan fingerprint density at radius 1 is 1.06 bits per heavy atom. The lowest BCUT2D eigenvalue weighted by atomic mass is 9.87. The number of morpholine rings is 1. The summed E-state index contributed by atoms with van der Waals surface area (Å²) in [5, 5.41) is 0. The maximum absolute atomic E-state index is 13.4. The van der Waals surface area contributed by atoms with Crippen molar-refractivity contribution in [2.45, 2.75) is 18.9 Å². The molecule has 31 heavy (non-hydrogen) atoms. The molecule has 0 N–H and O–H groups in total. The number of carbonyl (C=O) groups excluding carboxylic acids is 2. The second-order valence-electron chi connectivity index (χ2n) is 8.21. The number of amides is 2. The van der Waals surface area contributed by atoms with E-state index in [9.17, 15) is 9.59 Å². The van der Waals surface area contributed by atoms with E-state index in [1.807, 2.05) is 49.4 Å². The van der Waals surface area contributed by atoms with Gasteiger partial charge in [0.1, 0.15) is 17.1 Å². The number of pyridine rings is 1. The van der Waals surface area contributed by atoms with Crippen molar-refractivity contribution in [2.24, 2.45) is 0 Å². The molecule has 0 radical (unpaired) electrons. The zero-order valence-corrected chi connectivity index (χ0v) is 18.2. The van der Waals surface area contributed by atoms with Gasteiger partial charge in [0.15, 0.2) is 0 Å². The summed E-state index contributed by atoms with van der Waals surface area (Å²) < 4.78 is 5.45. The van der Waals surface area contributed by atoms with Gasteiger partial charge in [-0.25, -0.2) is 4.98 Å². The molecule has 1 aromatic heterocycles. The van der Waals surface area contributed by atoms with Gasteiger partial charge < -0.3 is 19.4 Å². The van der Waals surface area contributed by atoms with Gasteiger partial charge in [-0.3, -0.25) is 9.59 Å². The van der Waals surface area contributed by atoms with Crippen molar-refractivity contribution in [3.8, 4) is 0 Å². The molecule has 2 amide bonds. The molecule has 2 fully saturated rings. The molecule has 2 saturated heterocycles. The van der Waals surface area contributed by atoms with E-state index in [1.165, 1.54) is 4.90 Å². The summed E-state index contributed by atoms with van der Waals surface area (Å²) in [7, 11) is 3.38. The zero-order chi connectivity index (χ0) is 22.0. The first-order valence-corrected chi connectivity index (χ1v) is 10.5. The van der Waals surface area contributed by atoms with Crippen LogP contribution in [0.1, 0.15) is 18.1 Å². The molecule has 0 spiro atoms. The third kappa shape index (κ3) is 3.93. The zero-order valence-electron chi connectivity index (χ0n) is 18.2. The maximum Gasteiger partial charge on any atom is 0.271 e. The molecular weight excluding hydrogens is 392 g/mol. The van der Waals surface area contributed by atoms with E-state index in [-0.39, 0.29) is 11.8 Å². The van der Waals surface area contributed by atoms with Crippen molar-refractivity contribution in [3.63, 3.8) is 0 Å². The average molecular weight is 421 g/mol. The van der Waals surface area contributed by atoms with Crippen LogP contribution in [0, 0.1) is 0 Å². The number of piperazine rings is 1. The monoisotopic (exact) mass is 420 g/mol. The fraction of sp³-hybridized carbons (Fsp3) is 0.375. The molecule has 7 nitrogen and oxygen atoms in total. The smallest absolute Gasteiger partial charge is 0.271 e. The number of likely N-dealkylation sites (N-methyl/N-ethyl adjacent to an activating group) is 2. The minimum Gasteiger partial charge on any atom is -0.378 e. The Kier molecular flexibility index (Phi) is 5.78. The highest BCUT2D eigenvalue weighted by atomic mass is 16.5. The molecule has 1 atom stereocenters. The van der Waals surface area contributed by atoms with E-state index < -0.39 is 5.54 Å². The Hall–Kier alpha value is -3.19. The average Bonchev–Trinajstić information content (AvgIpc) is 2.81. The second kappa shape index (κ2) is 8.51. The Labute approximate surface area is 182 Å².